The zero-order valence-electron chi connectivity index (χ0n) is 17.2. The second kappa shape index (κ2) is 7.90. The molecule has 0 unspecified atom stereocenters. The van der Waals surface area contributed by atoms with Gasteiger partial charge in [0.25, 0.3) is 0 Å². The van der Waals surface area contributed by atoms with Crippen molar-refractivity contribution in [2.24, 2.45) is 0 Å². The van der Waals surface area contributed by atoms with Gasteiger partial charge in [0.15, 0.2) is 5.76 Å². The molecule has 0 bridgehead atoms. The zero-order chi connectivity index (χ0) is 19.5. The molecule has 1 aromatic rings. The maximum atomic E-state index is 12.7. The lowest BCUT2D eigenvalue weighted by Crippen LogP contribution is -2.41. The third-order valence-electron chi connectivity index (χ3n) is 3.48. The van der Waals surface area contributed by atoms with E-state index >= 15 is 0 Å². The molecule has 5 heteroatoms. The van der Waals surface area contributed by atoms with E-state index in [1.807, 2.05) is 18.2 Å². The van der Waals surface area contributed by atoms with Crippen LogP contribution in [-0.2, 0) is 4.74 Å². The molecule has 1 rings (SSSR count). The van der Waals surface area contributed by atoms with E-state index in [2.05, 4.69) is 70.4 Å². The van der Waals surface area contributed by atoms with Crippen LogP contribution in [0.5, 0.6) is 0 Å². The van der Waals surface area contributed by atoms with Gasteiger partial charge < -0.3 is 4.74 Å². The normalized spacial score (nSPS) is 12.0. The average molecular weight is 389 g/mol. The topological polar surface area (TPSA) is 26.3 Å². The van der Waals surface area contributed by atoms with E-state index in [1.54, 1.807) is 12.1 Å². The fraction of sp³-hybridized carbons (Fsp3) is 0.450. The Balaban J connectivity index is 3.50. The van der Waals surface area contributed by atoms with Crippen LogP contribution in [0.25, 0.3) is 0 Å². The number of rotatable bonds is 4. The Kier molecular flexibility index (Phi) is 6.85. The molecule has 0 atom stereocenters. The average Bonchev–Trinajstić information content (AvgIpc) is 2.41. The van der Waals surface area contributed by atoms with Gasteiger partial charge in [-0.2, -0.15) is 0 Å². The van der Waals surface area contributed by atoms with Crippen molar-refractivity contribution in [3.05, 3.63) is 46.5 Å². The molecule has 2 nitrogen and oxygen atoms in total. The van der Waals surface area contributed by atoms with Crippen LogP contribution in [0, 0.1) is 11.5 Å². The van der Waals surface area contributed by atoms with Gasteiger partial charge in [0.2, 0.25) is 0 Å². The minimum atomic E-state index is -1.67. The quantitative estimate of drug-likeness (QED) is 0.285. The van der Waals surface area contributed by atoms with Crippen molar-refractivity contribution >= 4 is 30.2 Å². The fourth-order valence-electron chi connectivity index (χ4n) is 2.92. The van der Waals surface area contributed by atoms with Gasteiger partial charge in [-0.05, 0) is 22.9 Å². The molecule has 136 valence electrons. The minimum absolute atomic E-state index is 0.311. The van der Waals surface area contributed by atoms with Gasteiger partial charge in [-0.15, -0.1) is 5.54 Å². The lowest BCUT2D eigenvalue weighted by Gasteiger charge is -2.32. The first-order chi connectivity index (χ1) is 11.2. The highest BCUT2D eigenvalue weighted by Crippen LogP contribution is 2.29. The summed E-state index contributed by atoms with van der Waals surface area (Å²) in [6.45, 7) is 20.5. The number of carbonyl (C=O) groups excluding carboxylic acids is 1. The second-order valence-corrected chi connectivity index (χ2v) is 24.7. The highest BCUT2D eigenvalue weighted by atomic mass is 28.4. The van der Waals surface area contributed by atoms with Crippen LogP contribution in [0.4, 0.5) is 0 Å². The van der Waals surface area contributed by atoms with Gasteiger partial charge in [0, 0.05) is 0 Å². The molecule has 0 saturated heterocycles. The molecule has 0 amide bonds. The molecule has 0 aliphatic heterocycles. The van der Waals surface area contributed by atoms with Gasteiger partial charge in [-0.1, -0.05) is 77.1 Å². The van der Waals surface area contributed by atoms with Crippen LogP contribution >= 0.6 is 0 Å². The Morgan fingerprint density at radius 2 is 1.32 bits per heavy atom. The van der Waals surface area contributed by atoms with Crippen LogP contribution in [0.3, 0.4) is 0 Å². The third-order valence-corrected chi connectivity index (χ3v) is 12.3. The summed E-state index contributed by atoms with van der Waals surface area (Å²) in [5.41, 5.74) is 3.97. The number of esters is 1. The summed E-state index contributed by atoms with van der Waals surface area (Å²) in [6.07, 6.45) is 0. The Hall–Kier alpha value is -1.36. The monoisotopic (exact) mass is 388 g/mol. The third kappa shape index (κ3) is 7.18. The summed E-state index contributed by atoms with van der Waals surface area (Å²) in [6, 6.07) is 9.18. The molecule has 0 radical (unpaired) electrons. The van der Waals surface area contributed by atoms with Crippen molar-refractivity contribution in [1.82, 2.24) is 0 Å². The van der Waals surface area contributed by atoms with Crippen LogP contribution in [0.2, 0.25) is 58.9 Å². The summed E-state index contributed by atoms with van der Waals surface area (Å²) >= 11 is 0. The second-order valence-electron chi connectivity index (χ2n) is 9.46. The van der Waals surface area contributed by atoms with E-state index < -0.39 is 24.2 Å². The van der Waals surface area contributed by atoms with Crippen molar-refractivity contribution in [2.75, 3.05) is 0 Å². The first-order valence-electron chi connectivity index (χ1n) is 8.77. The predicted octanol–water partition coefficient (Wildman–Crippen LogP) is 5.73. The maximum Gasteiger partial charge on any atom is 0.344 e. The van der Waals surface area contributed by atoms with Crippen molar-refractivity contribution in [2.45, 2.75) is 58.9 Å². The van der Waals surface area contributed by atoms with Crippen molar-refractivity contribution in [3.63, 3.8) is 0 Å². The number of ether oxygens (including phenoxy) is 1. The predicted molar refractivity (Wildman–Crippen MR) is 117 cm³/mol. The number of benzene rings is 1. The fourth-order valence-corrected chi connectivity index (χ4v) is 14.0. The molecule has 0 spiro atoms. The van der Waals surface area contributed by atoms with E-state index in [4.69, 9.17) is 4.74 Å². The van der Waals surface area contributed by atoms with E-state index in [0.29, 0.717) is 11.3 Å². The van der Waals surface area contributed by atoms with Gasteiger partial charge in [-0.25, -0.2) is 4.79 Å². The number of hydrogen-bond acceptors (Lipinski definition) is 2. The molecule has 0 aliphatic rings. The largest absolute Gasteiger partial charge is 0.415 e. The Morgan fingerprint density at radius 3 is 1.72 bits per heavy atom. The molecular weight excluding hydrogens is 356 g/mol. The van der Waals surface area contributed by atoms with Crippen molar-refractivity contribution in [3.8, 4) is 11.5 Å². The first-order valence-corrected chi connectivity index (χ1v) is 19.3. The summed E-state index contributed by atoms with van der Waals surface area (Å²) in [4.78, 5) is 14.0. The molecule has 0 heterocycles. The molecule has 0 aromatic heterocycles. The molecule has 0 N–H and O–H groups in total. The van der Waals surface area contributed by atoms with Gasteiger partial charge >= 0.3 is 5.97 Å². The summed E-state index contributed by atoms with van der Waals surface area (Å²) in [5, 5.41) is 0. The van der Waals surface area contributed by atoms with E-state index in [0.717, 1.165) is 0 Å². The van der Waals surface area contributed by atoms with Gasteiger partial charge in [0.1, 0.15) is 8.07 Å². The Bertz CT molecular complexity index is 688. The summed E-state index contributed by atoms with van der Waals surface area (Å²) in [7, 11) is -4.91. The molecule has 0 aliphatic carbocycles. The number of carbonyl (C=O) groups is 1. The summed E-state index contributed by atoms with van der Waals surface area (Å²) in [5.74, 6) is 3.61. The highest BCUT2D eigenvalue weighted by molar-refractivity contribution is 7.04. The lowest BCUT2D eigenvalue weighted by molar-refractivity contribution is 0.0640. The van der Waals surface area contributed by atoms with Gasteiger partial charge in [-0.3, -0.25) is 0 Å². The molecule has 25 heavy (non-hydrogen) atoms. The first kappa shape index (κ1) is 21.7. The molecule has 1 aromatic carbocycles. The highest BCUT2D eigenvalue weighted by Gasteiger charge is 2.35. The molecule has 0 saturated carbocycles. The van der Waals surface area contributed by atoms with Crippen molar-refractivity contribution in [1.29, 1.82) is 0 Å². The van der Waals surface area contributed by atoms with E-state index in [1.165, 1.54) is 4.82 Å². The van der Waals surface area contributed by atoms with Gasteiger partial charge in [0.05, 0.1) is 21.7 Å². The van der Waals surface area contributed by atoms with E-state index in [9.17, 15) is 4.79 Å². The Morgan fingerprint density at radius 1 is 0.840 bits per heavy atom. The molecule has 0 fully saturated rings. The maximum absolute atomic E-state index is 12.7. The minimum Gasteiger partial charge on any atom is -0.415 e. The summed E-state index contributed by atoms with van der Waals surface area (Å²) < 4.78 is 5.91. The number of allylic oxidation sites excluding steroid dienone is 1. The van der Waals surface area contributed by atoms with Crippen LogP contribution in [-0.4, -0.2) is 30.2 Å². The van der Waals surface area contributed by atoms with Crippen LogP contribution in [0.1, 0.15) is 10.4 Å². The van der Waals surface area contributed by atoms with Crippen LogP contribution < -0.4 is 0 Å². The lowest BCUT2D eigenvalue weighted by atomic mass is 10.2. The number of hydrogen-bond donors (Lipinski definition) is 0. The standard InChI is InChI=1S/C20H32O2Si3/c1-23(2,3)16-15-18(20(24(4,5)6)25(7,8)9)22-19(21)17-13-11-10-12-14-17/h10-14H,1-9H3. The van der Waals surface area contributed by atoms with Crippen LogP contribution in [0.15, 0.2) is 40.9 Å². The zero-order valence-corrected chi connectivity index (χ0v) is 20.2. The van der Waals surface area contributed by atoms with Crippen molar-refractivity contribution < 1.29 is 9.53 Å². The SMILES string of the molecule is C[Si](C)(C)C#CC(OC(=O)c1ccccc1)=C([Si](C)(C)C)[Si](C)(C)C. The smallest absolute Gasteiger partial charge is 0.344 e. The molecular formula is C20H32O2Si3. The van der Waals surface area contributed by atoms with E-state index in [-0.39, 0.29) is 5.97 Å². The Labute approximate surface area is 156 Å².